The molecule has 7 nitrogen and oxygen atoms in total. The van der Waals surface area contributed by atoms with Crippen LogP contribution in [0.25, 0.3) is 21.7 Å². The van der Waals surface area contributed by atoms with E-state index in [1.165, 1.54) is 11.3 Å². The number of nitriles is 1. The standard InChI is InChI=1S/C25H25N5O2S/c1-15-7-19(8-16(2)27-15)21-20(18-6-4-5-17(9-18)10-26)28-22(33-21)29-23(31)30-13-25(14-30)11-24(3,32)12-25/h4-9,32H,11-14H2,1-3H3,(H,28,29,31). The van der Waals surface area contributed by atoms with Crippen LogP contribution in [0, 0.1) is 30.6 Å². The summed E-state index contributed by atoms with van der Waals surface area (Å²) >= 11 is 1.42. The molecule has 33 heavy (non-hydrogen) atoms. The monoisotopic (exact) mass is 459 g/mol. The molecular formula is C25H25N5O2S. The maximum absolute atomic E-state index is 12.9. The predicted octanol–water partition coefficient (Wildman–Crippen LogP) is 4.74. The summed E-state index contributed by atoms with van der Waals surface area (Å²) in [6, 6.07) is 13.4. The van der Waals surface area contributed by atoms with E-state index < -0.39 is 5.60 Å². The number of amides is 2. The zero-order chi connectivity index (χ0) is 23.4. The van der Waals surface area contributed by atoms with Gasteiger partial charge < -0.3 is 10.0 Å². The minimum atomic E-state index is -0.597. The van der Waals surface area contributed by atoms with Crippen LogP contribution in [0.4, 0.5) is 9.93 Å². The van der Waals surface area contributed by atoms with Crippen molar-refractivity contribution >= 4 is 22.5 Å². The third kappa shape index (κ3) is 4.10. The number of carbonyl (C=O) groups excluding carboxylic acids is 1. The van der Waals surface area contributed by atoms with Crippen LogP contribution in [0.2, 0.25) is 0 Å². The zero-order valence-electron chi connectivity index (χ0n) is 18.8. The molecule has 168 valence electrons. The lowest BCUT2D eigenvalue weighted by molar-refractivity contribution is -0.167. The Labute approximate surface area is 196 Å². The van der Waals surface area contributed by atoms with Gasteiger partial charge in [0.15, 0.2) is 5.13 Å². The van der Waals surface area contributed by atoms with Crippen LogP contribution in [0.5, 0.6) is 0 Å². The molecule has 8 heteroatoms. The van der Waals surface area contributed by atoms with Crippen molar-refractivity contribution in [2.75, 3.05) is 18.4 Å². The largest absolute Gasteiger partial charge is 0.390 e. The molecular weight excluding hydrogens is 434 g/mol. The maximum Gasteiger partial charge on any atom is 0.323 e. The van der Waals surface area contributed by atoms with Crippen LogP contribution in [0.15, 0.2) is 36.4 Å². The molecule has 3 aromatic rings. The summed E-state index contributed by atoms with van der Waals surface area (Å²) in [5, 5.41) is 22.9. The van der Waals surface area contributed by atoms with Crippen molar-refractivity contribution in [3.8, 4) is 27.8 Å². The normalized spacial score (nSPS) is 17.7. The van der Waals surface area contributed by atoms with E-state index in [1.54, 1.807) is 11.0 Å². The number of aliphatic hydroxyl groups is 1. The van der Waals surface area contributed by atoms with E-state index in [1.807, 2.05) is 51.1 Å². The second-order valence-electron chi connectivity index (χ2n) is 9.66. The molecule has 3 heterocycles. The predicted molar refractivity (Wildman–Crippen MR) is 128 cm³/mol. The molecule has 0 radical (unpaired) electrons. The van der Waals surface area contributed by atoms with Crippen molar-refractivity contribution in [2.24, 2.45) is 5.41 Å². The van der Waals surface area contributed by atoms with Gasteiger partial charge in [0.05, 0.1) is 27.8 Å². The minimum absolute atomic E-state index is 0.0733. The Morgan fingerprint density at radius 2 is 1.85 bits per heavy atom. The van der Waals surface area contributed by atoms with Gasteiger partial charge in [-0.1, -0.05) is 23.5 Å². The van der Waals surface area contributed by atoms with Crippen molar-refractivity contribution in [3.05, 3.63) is 53.3 Å². The lowest BCUT2D eigenvalue weighted by Crippen LogP contribution is -2.68. The van der Waals surface area contributed by atoms with E-state index in [0.29, 0.717) is 23.8 Å². The highest BCUT2D eigenvalue weighted by Gasteiger charge is 2.58. The average molecular weight is 460 g/mol. The summed E-state index contributed by atoms with van der Waals surface area (Å²) in [5.41, 5.74) is 4.38. The van der Waals surface area contributed by atoms with Gasteiger partial charge in [-0.2, -0.15) is 5.26 Å². The summed E-state index contributed by atoms with van der Waals surface area (Å²) in [6.07, 6.45) is 1.48. The minimum Gasteiger partial charge on any atom is -0.390 e. The van der Waals surface area contributed by atoms with Crippen molar-refractivity contribution in [1.82, 2.24) is 14.9 Å². The average Bonchev–Trinajstić information content (AvgIpc) is 3.13. The summed E-state index contributed by atoms with van der Waals surface area (Å²) in [7, 11) is 0. The van der Waals surface area contributed by atoms with E-state index in [9.17, 15) is 15.2 Å². The highest BCUT2D eigenvalue weighted by Crippen LogP contribution is 2.54. The maximum atomic E-state index is 12.9. The Morgan fingerprint density at radius 1 is 1.15 bits per heavy atom. The lowest BCUT2D eigenvalue weighted by Gasteiger charge is -2.61. The van der Waals surface area contributed by atoms with Gasteiger partial charge in [-0.3, -0.25) is 10.3 Å². The molecule has 1 saturated carbocycles. The molecule has 5 rings (SSSR count). The van der Waals surface area contributed by atoms with Crippen LogP contribution in [0.1, 0.15) is 36.7 Å². The number of aromatic nitrogens is 2. The first-order valence-electron chi connectivity index (χ1n) is 10.9. The number of hydrogen-bond donors (Lipinski definition) is 2. The molecule has 2 amide bonds. The topological polar surface area (TPSA) is 102 Å². The molecule has 1 spiro atoms. The first-order chi connectivity index (χ1) is 15.7. The van der Waals surface area contributed by atoms with E-state index >= 15 is 0 Å². The van der Waals surface area contributed by atoms with Crippen molar-refractivity contribution in [3.63, 3.8) is 0 Å². The van der Waals surface area contributed by atoms with E-state index in [2.05, 4.69) is 16.4 Å². The number of urea groups is 1. The van der Waals surface area contributed by atoms with Crippen LogP contribution >= 0.6 is 11.3 Å². The second kappa shape index (κ2) is 7.65. The number of thiazole rings is 1. The number of pyridine rings is 1. The van der Waals surface area contributed by atoms with Crippen molar-refractivity contribution in [2.45, 2.75) is 39.2 Å². The van der Waals surface area contributed by atoms with Gasteiger partial charge in [0, 0.05) is 35.5 Å². The molecule has 2 aromatic heterocycles. The lowest BCUT2D eigenvalue weighted by atomic mass is 9.56. The molecule has 1 aliphatic heterocycles. The van der Waals surface area contributed by atoms with Gasteiger partial charge in [-0.05, 0) is 63.4 Å². The molecule has 0 bridgehead atoms. The Balaban J connectivity index is 1.43. The number of nitrogens with one attached hydrogen (secondary N) is 1. The van der Waals surface area contributed by atoms with Gasteiger partial charge in [0.25, 0.3) is 0 Å². The summed E-state index contributed by atoms with van der Waals surface area (Å²) < 4.78 is 0. The second-order valence-corrected chi connectivity index (χ2v) is 10.7. The van der Waals surface area contributed by atoms with Gasteiger partial charge >= 0.3 is 6.03 Å². The van der Waals surface area contributed by atoms with Gasteiger partial charge in [-0.15, -0.1) is 0 Å². The number of benzene rings is 1. The first-order valence-corrected chi connectivity index (χ1v) is 11.7. The van der Waals surface area contributed by atoms with Gasteiger partial charge in [0.2, 0.25) is 0 Å². The van der Waals surface area contributed by atoms with Gasteiger partial charge in [0.1, 0.15) is 0 Å². The van der Waals surface area contributed by atoms with Crippen LogP contribution in [-0.2, 0) is 0 Å². The highest BCUT2D eigenvalue weighted by atomic mass is 32.1. The Hall–Kier alpha value is -3.28. The number of rotatable bonds is 3. The van der Waals surface area contributed by atoms with Crippen molar-refractivity contribution in [1.29, 1.82) is 5.26 Å². The number of anilines is 1. The van der Waals surface area contributed by atoms with Crippen LogP contribution in [-0.4, -0.2) is 44.7 Å². The molecule has 1 aromatic carbocycles. The molecule has 0 atom stereocenters. The summed E-state index contributed by atoms with van der Waals surface area (Å²) in [6.45, 7) is 7.07. The van der Waals surface area contributed by atoms with Crippen LogP contribution in [0.3, 0.4) is 0 Å². The number of aryl methyl sites for hydroxylation is 2. The number of carbonyl (C=O) groups is 1. The fourth-order valence-electron chi connectivity index (χ4n) is 5.33. The number of hydrogen-bond acceptors (Lipinski definition) is 6. The molecule has 1 saturated heterocycles. The molecule has 1 aliphatic carbocycles. The van der Waals surface area contributed by atoms with E-state index in [-0.39, 0.29) is 11.4 Å². The fourth-order valence-corrected chi connectivity index (χ4v) is 6.30. The summed E-state index contributed by atoms with van der Waals surface area (Å²) in [5.74, 6) is 0. The smallest absolute Gasteiger partial charge is 0.323 e. The quantitative estimate of drug-likeness (QED) is 0.589. The zero-order valence-corrected chi connectivity index (χ0v) is 19.7. The molecule has 2 N–H and O–H groups in total. The SMILES string of the molecule is Cc1cc(-c2sc(NC(=O)N3CC4(C3)CC(C)(O)C4)nc2-c2cccc(C#N)c2)cc(C)n1. The summed E-state index contributed by atoms with van der Waals surface area (Å²) in [4.78, 5) is 24.8. The van der Waals surface area contributed by atoms with Gasteiger partial charge in [-0.25, -0.2) is 9.78 Å². The fraction of sp³-hybridized carbons (Fsp3) is 0.360. The molecule has 0 unspecified atom stereocenters. The van der Waals surface area contributed by atoms with Crippen LogP contribution < -0.4 is 5.32 Å². The number of likely N-dealkylation sites (tertiary alicyclic amines) is 1. The highest BCUT2D eigenvalue weighted by molar-refractivity contribution is 7.19. The molecule has 2 aliphatic rings. The molecule has 2 fully saturated rings. The van der Waals surface area contributed by atoms with Crippen molar-refractivity contribution < 1.29 is 9.90 Å². The Morgan fingerprint density at radius 3 is 2.48 bits per heavy atom. The van der Waals surface area contributed by atoms with E-state index in [0.717, 1.165) is 45.9 Å². The Kier molecular flexibility index (Phi) is 5.00. The number of nitrogens with zero attached hydrogens (tertiary/aromatic N) is 4. The first kappa shape index (κ1) is 21.6. The third-order valence-electron chi connectivity index (χ3n) is 6.30. The Bertz CT molecular complexity index is 1270. The van der Waals surface area contributed by atoms with E-state index in [4.69, 9.17) is 4.98 Å². The third-order valence-corrected chi connectivity index (χ3v) is 7.32.